The summed E-state index contributed by atoms with van der Waals surface area (Å²) in [6.07, 6.45) is 4.42. The van der Waals surface area contributed by atoms with E-state index >= 15 is 0 Å². The molecular weight excluding hydrogens is 286 g/mol. The lowest BCUT2D eigenvalue weighted by atomic mass is 10.1. The molecule has 1 N–H and O–H groups in total. The van der Waals surface area contributed by atoms with Gasteiger partial charge in [-0.1, -0.05) is 18.2 Å². The zero-order chi connectivity index (χ0) is 16.5. The minimum atomic E-state index is -0.252. The van der Waals surface area contributed by atoms with Gasteiger partial charge in [0.2, 0.25) is 0 Å². The summed E-state index contributed by atoms with van der Waals surface area (Å²) in [4.78, 5) is 4.82. The highest BCUT2D eigenvalue weighted by atomic mass is 16.3. The Balaban J connectivity index is 1.78. The van der Waals surface area contributed by atoms with Crippen molar-refractivity contribution in [3.05, 3.63) is 48.0 Å². The Kier molecular flexibility index (Phi) is 7.28. The number of hydrogen-bond donors (Lipinski definition) is 1. The molecule has 0 aromatic heterocycles. The van der Waals surface area contributed by atoms with Crippen LogP contribution in [0.1, 0.15) is 30.4 Å². The zero-order valence-electron chi connectivity index (χ0n) is 13.8. The molecule has 1 heterocycles. The number of aliphatic hydroxyl groups is 1. The molecule has 1 atom stereocenters. The fourth-order valence-electron chi connectivity index (χ4n) is 3.01. The maximum absolute atomic E-state index is 10.0. The molecule has 1 aromatic carbocycles. The van der Waals surface area contributed by atoms with Crippen LogP contribution in [0.25, 0.3) is 0 Å². The van der Waals surface area contributed by atoms with Crippen molar-refractivity contribution in [1.82, 2.24) is 9.80 Å². The molecule has 0 bridgehead atoms. The summed E-state index contributed by atoms with van der Waals surface area (Å²) in [7, 11) is 0. The van der Waals surface area contributed by atoms with E-state index in [1.165, 1.54) is 5.56 Å². The number of rotatable bonds is 7. The Morgan fingerprint density at radius 3 is 2.57 bits per heavy atom. The van der Waals surface area contributed by atoms with Gasteiger partial charge in [0, 0.05) is 26.2 Å². The van der Waals surface area contributed by atoms with E-state index in [0.29, 0.717) is 5.56 Å². The van der Waals surface area contributed by atoms with Gasteiger partial charge in [-0.2, -0.15) is 5.26 Å². The molecule has 0 aliphatic carbocycles. The molecule has 4 nitrogen and oxygen atoms in total. The van der Waals surface area contributed by atoms with Crippen LogP contribution in [0, 0.1) is 11.3 Å². The quantitative estimate of drug-likeness (QED) is 0.785. The summed E-state index contributed by atoms with van der Waals surface area (Å²) in [6, 6.07) is 10.0. The van der Waals surface area contributed by atoms with Crippen molar-refractivity contribution in [3.63, 3.8) is 0 Å². The predicted molar refractivity (Wildman–Crippen MR) is 92.9 cm³/mol. The maximum Gasteiger partial charge on any atom is 0.0991 e. The summed E-state index contributed by atoms with van der Waals surface area (Å²) in [5, 5.41) is 18.9. The van der Waals surface area contributed by atoms with E-state index < -0.39 is 0 Å². The van der Waals surface area contributed by atoms with Crippen molar-refractivity contribution < 1.29 is 5.11 Å². The van der Waals surface area contributed by atoms with E-state index in [4.69, 9.17) is 5.26 Å². The van der Waals surface area contributed by atoms with Crippen LogP contribution >= 0.6 is 0 Å². The van der Waals surface area contributed by atoms with Crippen molar-refractivity contribution in [2.24, 2.45) is 0 Å². The molecule has 23 heavy (non-hydrogen) atoms. The lowest BCUT2D eigenvalue weighted by Gasteiger charge is -2.24. The SMILES string of the molecule is C=CCCC(O)CN1CCCN(Cc2ccc(C#N)cc2)CC1. The number of nitriles is 1. The molecule has 124 valence electrons. The summed E-state index contributed by atoms with van der Waals surface area (Å²) >= 11 is 0. The number of benzene rings is 1. The number of β-amino-alcohol motifs (C(OH)–C–C–N with tert-alkyl or cyclic N) is 1. The third-order valence-corrected chi connectivity index (χ3v) is 4.34. The van der Waals surface area contributed by atoms with Crippen molar-refractivity contribution >= 4 is 0 Å². The normalized spacial score (nSPS) is 18.1. The highest BCUT2D eigenvalue weighted by Gasteiger charge is 2.17. The third kappa shape index (κ3) is 6.15. The minimum absolute atomic E-state index is 0.252. The van der Waals surface area contributed by atoms with Gasteiger partial charge in [0.25, 0.3) is 0 Å². The average molecular weight is 313 g/mol. The molecular formula is C19H27N3O. The molecule has 0 spiro atoms. The second kappa shape index (κ2) is 9.46. The standard InChI is InChI=1S/C19H27N3O/c1-2-3-5-19(23)16-22-11-4-10-21(12-13-22)15-18-8-6-17(14-20)7-9-18/h2,6-9,19,23H,1,3-5,10-13,15-16H2. The minimum Gasteiger partial charge on any atom is -0.392 e. The molecule has 1 aliphatic heterocycles. The highest BCUT2D eigenvalue weighted by Crippen LogP contribution is 2.11. The first-order valence-corrected chi connectivity index (χ1v) is 8.44. The monoisotopic (exact) mass is 313 g/mol. The Morgan fingerprint density at radius 2 is 1.87 bits per heavy atom. The van der Waals surface area contributed by atoms with Crippen LogP contribution in [0.5, 0.6) is 0 Å². The van der Waals surface area contributed by atoms with Crippen molar-refractivity contribution in [2.75, 3.05) is 32.7 Å². The fourth-order valence-corrected chi connectivity index (χ4v) is 3.01. The van der Waals surface area contributed by atoms with Gasteiger partial charge in [-0.25, -0.2) is 0 Å². The molecule has 0 amide bonds. The smallest absolute Gasteiger partial charge is 0.0991 e. The molecule has 0 radical (unpaired) electrons. The van der Waals surface area contributed by atoms with Crippen LogP contribution in [0.2, 0.25) is 0 Å². The molecule has 2 rings (SSSR count). The van der Waals surface area contributed by atoms with Crippen LogP contribution in [-0.2, 0) is 6.54 Å². The van der Waals surface area contributed by atoms with Gasteiger partial charge in [0.05, 0.1) is 17.7 Å². The number of hydrogen-bond acceptors (Lipinski definition) is 4. The predicted octanol–water partition coefficient (Wildman–Crippen LogP) is 2.39. The summed E-state index contributed by atoms with van der Waals surface area (Å²) < 4.78 is 0. The lowest BCUT2D eigenvalue weighted by Crippen LogP contribution is -2.35. The van der Waals surface area contributed by atoms with E-state index in [0.717, 1.165) is 58.5 Å². The van der Waals surface area contributed by atoms with Gasteiger partial charge < -0.3 is 5.11 Å². The summed E-state index contributed by atoms with van der Waals surface area (Å²) in [6.45, 7) is 9.55. The first kappa shape index (κ1) is 17.7. The topological polar surface area (TPSA) is 50.5 Å². The first-order valence-electron chi connectivity index (χ1n) is 8.44. The van der Waals surface area contributed by atoms with Gasteiger partial charge in [0.15, 0.2) is 0 Å². The fraction of sp³-hybridized carbons (Fsp3) is 0.526. The summed E-state index contributed by atoms with van der Waals surface area (Å²) in [5.74, 6) is 0. The van der Waals surface area contributed by atoms with Gasteiger partial charge in [0.1, 0.15) is 0 Å². The van der Waals surface area contributed by atoms with Gasteiger partial charge in [-0.05, 0) is 50.0 Å². The van der Waals surface area contributed by atoms with Gasteiger partial charge in [-0.15, -0.1) is 6.58 Å². The van der Waals surface area contributed by atoms with E-state index in [9.17, 15) is 5.11 Å². The Labute approximate surface area is 139 Å². The average Bonchev–Trinajstić information content (AvgIpc) is 2.79. The Bertz CT molecular complexity index is 520. The summed E-state index contributed by atoms with van der Waals surface area (Å²) in [5.41, 5.74) is 1.97. The van der Waals surface area contributed by atoms with Crippen LogP contribution < -0.4 is 0 Å². The molecule has 0 saturated carbocycles. The maximum atomic E-state index is 10.0. The lowest BCUT2D eigenvalue weighted by molar-refractivity contribution is 0.107. The van der Waals surface area contributed by atoms with E-state index in [1.54, 1.807) is 0 Å². The van der Waals surface area contributed by atoms with E-state index in [1.807, 2.05) is 30.3 Å². The van der Waals surface area contributed by atoms with Crippen LogP contribution in [0.4, 0.5) is 0 Å². The van der Waals surface area contributed by atoms with Crippen LogP contribution in [0.3, 0.4) is 0 Å². The molecule has 1 unspecified atom stereocenters. The second-order valence-corrected chi connectivity index (χ2v) is 6.26. The largest absolute Gasteiger partial charge is 0.392 e. The second-order valence-electron chi connectivity index (χ2n) is 6.26. The third-order valence-electron chi connectivity index (χ3n) is 4.34. The van der Waals surface area contributed by atoms with Crippen molar-refractivity contribution in [3.8, 4) is 6.07 Å². The van der Waals surface area contributed by atoms with Crippen molar-refractivity contribution in [2.45, 2.75) is 31.9 Å². The van der Waals surface area contributed by atoms with Gasteiger partial charge in [-0.3, -0.25) is 9.80 Å². The van der Waals surface area contributed by atoms with Gasteiger partial charge >= 0.3 is 0 Å². The van der Waals surface area contributed by atoms with E-state index in [2.05, 4.69) is 22.4 Å². The van der Waals surface area contributed by atoms with Crippen molar-refractivity contribution in [1.29, 1.82) is 5.26 Å². The zero-order valence-corrected chi connectivity index (χ0v) is 13.8. The number of aliphatic hydroxyl groups excluding tert-OH is 1. The van der Waals surface area contributed by atoms with Crippen LogP contribution in [-0.4, -0.2) is 53.7 Å². The number of nitrogens with zero attached hydrogens (tertiary/aromatic N) is 3. The highest BCUT2D eigenvalue weighted by molar-refractivity contribution is 5.31. The Hall–Kier alpha value is -1.67. The van der Waals surface area contributed by atoms with E-state index in [-0.39, 0.29) is 6.10 Å². The molecule has 1 aliphatic rings. The molecule has 4 heteroatoms. The van der Waals surface area contributed by atoms with Crippen LogP contribution in [0.15, 0.2) is 36.9 Å². The molecule has 1 aromatic rings. The molecule has 1 saturated heterocycles. The Morgan fingerprint density at radius 1 is 1.17 bits per heavy atom. The molecule has 1 fully saturated rings. The number of allylic oxidation sites excluding steroid dienone is 1. The first-order chi connectivity index (χ1) is 11.2.